The van der Waals surface area contributed by atoms with E-state index in [0.717, 1.165) is 31.7 Å². The SMILES string of the molecule is CC1(C(=O)NC2CCSc3ccccc32)CCNC1. The maximum Gasteiger partial charge on any atom is 0.227 e. The molecule has 2 N–H and O–H groups in total. The molecule has 0 spiro atoms. The Morgan fingerprint density at radius 2 is 2.32 bits per heavy atom. The summed E-state index contributed by atoms with van der Waals surface area (Å²) in [7, 11) is 0. The minimum atomic E-state index is -0.237. The molecule has 2 unspecified atom stereocenters. The van der Waals surface area contributed by atoms with Crippen molar-refractivity contribution in [3.8, 4) is 0 Å². The highest BCUT2D eigenvalue weighted by Gasteiger charge is 2.37. The molecule has 0 bridgehead atoms. The van der Waals surface area contributed by atoms with Gasteiger partial charge in [-0.15, -0.1) is 11.8 Å². The van der Waals surface area contributed by atoms with E-state index in [0.29, 0.717) is 0 Å². The molecular weight excluding hydrogens is 256 g/mol. The Kier molecular flexibility index (Phi) is 3.54. The van der Waals surface area contributed by atoms with Gasteiger partial charge in [0.2, 0.25) is 5.91 Å². The van der Waals surface area contributed by atoms with Gasteiger partial charge in [0.05, 0.1) is 11.5 Å². The van der Waals surface area contributed by atoms with E-state index in [1.807, 2.05) is 11.8 Å². The molecule has 102 valence electrons. The van der Waals surface area contributed by atoms with Crippen LogP contribution in [0.15, 0.2) is 29.2 Å². The Balaban J connectivity index is 1.76. The summed E-state index contributed by atoms with van der Waals surface area (Å²) >= 11 is 1.89. The summed E-state index contributed by atoms with van der Waals surface area (Å²) in [5.74, 6) is 1.28. The molecule has 3 nitrogen and oxygen atoms in total. The first kappa shape index (κ1) is 13.0. The van der Waals surface area contributed by atoms with Gasteiger partial charge in [-0.3, -0.25) is 4.79 Å². The number of benzene rings is 1. The van der Waals surface area contributed by atoms with E-state index in [9.17, 15) is 4.79 Å². The molecule has 0 aromatic heterocycles. The number of carbonyl (C=O) groups is 1. The molecule has 0 saturated carbocycles. The van der Waals surface area contributed by atoms with Crippen LogP contribution in [0.2, 0.25) is 0 Å². The number of amides is 1. The van der Waals surface area contributed by atoms with E-state index < -0.39 is 0 Å². The maximum absolute atomic E-state index is 12.5. The van der Waals surface area contributed by atoms with E-state index in [1.54, 1.807) is 0 Å². The van der Waals surface area contributed by atoms with Gasteiger partial charge < -0.3 is 10.6 Å². The molecular formula is C15H20N2OS. The molecule has 2 atom stereocenters. The fourth-order valence-electron chi connectivity index (χ4n) is 2.84. The summed E-state index contributed by atoms with van der Waals surface area (Å²) in [6, 6.07) is 8.60. The van der Waals surface area contributed by atoms with Crippen LogP contribution >= 0.6 is 11.8 Å². The van der Waals surface area contributed by atoms with Crippen molar-refractivity contribution in [2.45, 2.75) is 30.7 Å². The Morgan fingerprint density at radius 3 is 3.11 bits per heavy atom. The first-order chi connectivity index (χ1) is 9.19. The number of thioether (sulfide) groups is 1. The molecule has 1 aromatic rings. The largest absolute Gasteiger partial charge is 0.349 e. The van der Waals surface area contributed by atoms with Gasteiger partial charge >= 0.3 is 0 Å². The molecule has 19 heavy (non-hydrogen) atoms. The zero-order valence-corrected chi connectivity index (χ0v) is 12.1. The average molecular weight is 276 g/mol. The van der Waals surface area contributed by atoms with Crippen LogP contribution in [-0.4, -0.2) is 24.7 Å². The summed E-state index contributed by atoms with van der Waals surface area (Å²) in [4.78, 5) is 13.8. The topological polar surface area (TPSA) is 41.1 Å². The maximum atomic E-state index is 12.5. The van der Waals surface area contributed by atoms with Gasteiger partial charge in [0.25, 0.3) is 0 Å². The highest BCUT2D eigenvalue weighted by atomic mass is 32.2. The second-order valence-corrected chi connectivity index (χ2v) is 6.83. The van der Waals surface area contributed by atoms with E-state index in [-0.39, 0.29) is 17.4 Å². The Morgan fingerprint density at radius 1 is 1.47 bits per heavy atom. The summed E-state index contributed by atoms with van der Waals surface area (Å²) in [6.07, 6.45) is 1.96. The average Bonchev–Trinajstić information content (AvgIpc) is 2.87. The zero-order chi connectivity index (χ0) is 13.3. The summed E-state index contributed by atoms with van der Waals surface area (Å²) in [5, 5.41) is 6.55. The molecule has 0 radical (unpaired) electrons. The third-order valence-corrected chi connectivity index (χ3v) is 5.30. The van der Waals surface area contributed by atoms with Gasteiger partial charge in [0.1, 0.15) is 0 Å². The number of hydrogen-bond acceptors (Lipinski definition) is 3. The Bertz CT molecular complexity index is 483. The van der Waals surface area contributed by atoms with Crippen molar-refractivity contribution < 1.29 is 4.79 Å². The van der Waals surface area contributed by atoms with Crippen molar-refractivity contribution in [3.05, 3.63) is 29.8 Å². The first-order valence-corrected chi connectivity index (χ1v) is 7.91. The molecule has 1 aromatic carbocycles. The van der Waals surface area contributed by atoms with E-state index in [4.69, 9.17) is 0 Å². The third kappa shape index (κ3) is 2.51. The van der Waals surface area contributed by atoms with Crippen LogP contribution in [-0.2, 0) is 4.79 Å². The quantitative estimate of drug-likeness (QED) is 0.871. The van der Waals surface area contributed by atoms with Crippen LogP contribution in [0.4, 0.5) is 0 Å². The summed E-state index contributed by atoms with van der Waals surface area (Å²) in [5.41, 5.74) is 1.04. The monoisotopic (exact) mass is 276 g/mol. The molecule has 1 amide bonds. The number of carbonyl (C=O) groups excluding carboxylic acids is 1. The lowest BCUT2D eigenvalue weighted by Crippen LogP contribution is -2.42. The van der Waals surface area contributed by atoms with Gasteiger partial charge in [-0.1, -0.05) is 18.2 Å². The number of hydrogen-bond donors (Lipinski definition) is 2. The predicted molar refractivity (Wildman–Crippen MR) is 78.3 cm³/mol. The van der Waals surface area contributed by atoms with E-state index in [2.05, 4.69) is 41.8 Å². The summed E-state index contributed by atoms with van der Waals surface area (Å²) < 4.78 is 0. The van der Waals surface area contributed by atoms with Gasteiger partial charge in [0, 0.05) is 17.2 Å². The van der Waals surface area contributed by atoms with Crippen LogP contribution in [0.1, 0.15) is 31.4 Å². The van der Waals surface area contributed by atoms with E-state index in [1.165, 1.54) is 10.5 Å². The normalized spacial score (nSPS) is 29.8. The lowest BCUT2D eigenvalue weighted by molar-refractivity contribution is -0.130. The highest BCUT2D eigenvalue weighted by molar-refractivity contribution is 7.99. The van der Waals surface area contributed by atoms with Gasteiger partial charge in [-0.05, 0) is 37.9 Å². The van der Waals surface area contributed by atoms with Gasteiger partial charge in [0.15, 0.2) is 0 Å². The highest BCUT2D eigenvalue weighted by Crippen LogP contribution is 2.36. The third-order valence-electron chi connectivity index (χ3n) is 4.18. The number of fused-ring (bicyclic) bond motifs is 1. The Hall–Kier alpha value is -1.00. The molecule has 2 heterocycles. The molecule has 4 heteroatoms. The second kappa shape index (κ2) is 5.17. The number of nitrogens with one attached hydrogen (secondary N) is 2. The smallest absolute Gasteiger partial charge is 0.227 e. The molecule has 0 aliphatic carbocycles. The fraction of sp³-hybridized carbons (Fsp3) is 0.533. The van der Waals surface area contributed by atoms with Crippen molar-refractivity contribution in [1.29, 1.82) is 0 Å². The van der Waals surface area contributed by atoms with Crippen molar-refractivity contribution in [2.24, 2.45) is 5.41 Å². The van der Waals surface area contributed by atoms with Crippen LogP contribution in [0, 0.1) is 5.41 Å². The Labute approximate surface area is 118 Å². The number of rotatable bonds is 2. The van der Waals surface area contributed by atoms with Crippen molar-refractivity contribution in [1.82, 2.24) is 10.6 Å². The molecule has 1 saturated heterocycles. The summed E-state index contributed by atoms with van der Waals surface area (Å²) in [6.45, 7) is 3.80. The molecule has 2 aliphatic heterocycles. The van der Waals surface area contributed by atoms with Crippen LogP contribution < -0.4 is 10.6 Å². The standard InChI is InChI=1S/C15H20N2OS/c1-15(7-8-16-10-15)14(18)17-12-6-9-19-13-5-3-2-4-11(12)13/h2-5,12,16H,6-10H2,1H3,(H,17,18). The van der Waals surface area contributed by atoms with Crippen LogP contribution in [0.5, 0.6) is 0 Å². The first-order valence-electron chi connectivity index (χ1n) is 6.92. The van der Waals surface area contributed by atoms with Crippen molar-refractivity contribution in [3.63, 3.8) is 0 Å². The van der Waals surface area contributed by atoms with Crippen molar-refractivity contribution in [2.75, 3.05) is 18.8 Å². The van der Waals surface area contributed by atoms with Crippen LogP contribution in [0.25, 0.3) is 0 Å². The minimum Gasteiger partial charge on any atom is -0.349 e. The van der Waals surface area contributed by atoms with E-state index >= 15 is 0 Å². The van der Waals surface area contributed by atoms with Gasteiger partial charge in [-0.2, -0.15) is 0 Å². The predicted octanol–water partition coefficient (Wildman–Crippen LogP) is 2.34. The zero-order valence-electron chi connectivity index (χ0n) is 11.2. The molecule has 2 aliphatic rings. The lowest BCUT2D eigenvalue weighted by Gasteiger charge is -2.30. The second-order valence-electron chi connectivity index (χ2n) is 5.69. The van der Waals surface area contributed by atoms with Gasteiger partial charge in [-0.25, -0.2) is 0 Å². The van der Waals surface area contributed by atoms with Crippen molar-refractivity contribution >= 4 is 17.7 Å². The van der Waals surface area contributed by atoms with Crippen LogP contribution in [0.3, 0.4) is 0 Å². The molecule has 3 rings (SSSR count). The minimum absolute atomic E-state index is 0.183. The molecule has 1 fully saturated rings. The fourth-order valence-corrected chi connectivity index (χ4v) is 3.96. The lowest BCUT2D eigenvalue weighted by atomic mass is 9.88.